The molecule has 8 nitrogen and oxygen atoms in total. The van der Waals surface area contributed by atoms with Gasteiger partial charge in [-0.05, 0) is 69.9 Å². The van der Waals surface area contributed by atoms with Gasteiger partial charge in [-0.2, -0.15) is 0 Å². The zero-order valence-electron chi connectivity index (χ0n) is 21.5. The van der Waals surface area contributed by atoms with Gasteiger partial charge in [-0.15, -0.1) is 0 Å². The van der Waals surface area contributed by atoms with Crippen molar-refractivity contribution >= 4 is 28.8 Å². The van der Waals surface area contributed by atoms with Gasteiger partial charge in [0, 0.05) is 17.6 Å². The van der Waals surface area contributed by atoms with Crippen molar-refractivity contribution in [3.05, 3.63) is 23.5 Å². The lowest BCUT2D eigenvalue weighted by molar-refractivity contribution is -0.143. The van der Waals surface area contributed by atoms with E-state index < -0.39 is 12.1 Å². The number of anilines is 1. The highest BCUT2D eigenvalue weighted by Crippen LogP contribution is 2.43. The van der Waals surface area contributed by atoms with Crippen LogP contribution in [0, 0.1) is 11.8 Å². The lowest BCUT2D eigenvalue weighted by Crippen LogP contribution is -2.42. The zero-order chi connectivity index (χ0) is 25.4. The van der Waals surface area contributed by atoms with Crippen LogP contribution in [0.15, 0.2) is 12.1 Å². The lowest BCUT2D eigenvalue weighted by Gasteiger charge is -2.34. The molecule has 2 saturated carbocycles. The number of aryl methyl sites for hydroxylation is 1. The van der Waals surface area contributed by atoms with Crippen LogP contribution in [0.1, 0.15) is 101 Å². The van der Waals surface area contributed by atoms with Crippen LogP contribution in [0.2, 0.25) is 0 Å². The molecule has 196 valence electrons. The van der Waals surface area contributed by atoms with E-state index in [2.05, 4.69) is 4.57 Å². The van der Waals surface area contributed by atoms with Crippen LogP contribution in [0.5, 0.6) is 0 Å². The fourth-order valence-corrected chi connectivity index (χ4v) is 6.85. The number of nitrogens with zero attached hydrogens (tertiary/aromatic N) is 3. The Kier molecular flexibility index (Phi) is 7.24. The van der Waals surface area contributed by atoms with E-state index in [0.717, 1.165) is 73.7 Å². The molecule has 8 heteroatoms. The molecule has 36 heavy (non-hydrogen) atoms. The summed E-state index contributed by atoms with van der Waals surface area (Å²) in [6.07, 6.45) is 10.1. The van der Waals surface area contributed by atoms with Crippen molar-refractivity contribution in [1.82, 2.24) is 9.55 Å². The van der Waals surface area contributed by atoms with Crippen LogP contribution >= 0.6 is 0 Å². The third-order valence-electron chi connectivity index (χ3n) is 8.82. The van der Waals surface area contributed by atoms with Crippen LogP contribution in [-0.2, 0) is 16.0 Å². The number of amides is 1. The average molecular weight is 498 g/mol. The second-order valence-corrected chi connectivity index (χ2v) is 11.1. The number of methoxy groups -OCH3 is 1. The zero-order valence-corrected chi connectivity index (χ0v) is 21.5. The topological polar surface area (TPSA) is 105 Å². The molecule has 2 aliphatic carbocycles. The molecule has 1 amide bonds. The molecule has 2 heterocycles. The Morgan fingerprint density at radius 2 is 1.81 bits per heavy atom. The van der Waals surface area contributed by atoms with Crippen molar-refractivity contribution in [3.63, 3.8) is 0 Å². The lowest BCUT2D eigenvalue weighted by atomic mass is 9.85. The molecule has 2 fully saturated rings. The van der Waals surface area contributed by atoms with Crippen molar-refractivity contribution < 1.29 is 24.5 Å². The molecule has 1 aromatic carbocycles. The van der Waals surface area contributed by atoms with Gasteiger partial charge in [0.1, 0.15) is 11.9 Å². The van der Waals surface area contributed by atoms with Gasteiger partial charge in [-0.3, -0.25) is 9.69 Å². The van der Waals surface area contributed by atoms with E-state index in [-0.39, 0.29) is 30.0 Å². The molecule has 5 rings (SSSR count). The molecule has 0 radical (unpaired) electrons. The highest BCUT2D eigenvalue weighted by Gasteiger charge is 2.36. The number of carboxylic acids is 1. The predicted octanol–water partition coefficient (Wildman–Crippen LogP) is 5.76. The molecular formula is C28H39N3O5. The van der Waals surface area contributed by atoms with E-state index in [9.17, 15) is 19.8 Å². The summed E-state index contributed by atoms with van der Waals surface area (Å²) in [6, 6.07) is 3.98. The minimum Gasteiger partial charge on any atom is -0.481 e. The van der Waals surface area contributed by atoms with E-state index in [1.54, 1.807) is 4.90 Å². The number of aliphatic hydroxyl groups excluding tert-OH is 1. The fraction of sp³-hybridized carbons (Fsp3) is 0.679. The van der Waals surface area contributed by atoms with Crippen molar-refractivity contribution in [1.29, 1.82) is 0 Å². The average Bonchev–Trinajstić information content (AvgIpc) is 3.07. The number of benzene rings is 1. The Balaban J connectivity index is 1.64. The first-order valence-electron chi connectivity index (χ1n) is 13.7. The Hall–Kier alpha value is -2.61. The maximum absolute atomic E-state index is 12.6. The number of hydrogen-bond donors (Lipinski definition) is 2. The third kappa shape index (κ3) is 4.49. The first-order valence-corrected chi connectivity index (χ1v) is 13.7. The summed E-state index contributed by atoms with van der Waals surface area (Å²) in [7, 11) is 1.40. The maximum Gasteiger partial charge on any atom is 0.414 e. The van der Waals surface area contributed by atoms with E-state index in [0.29, 0.717) is 18.7 Å². The second kappa shape index (κ2) is 10.4. The van der Waals surface area contributed by atoms with Gasteiger partial charge >= 0.3 is 12.1 Å². The summed E-state index contributed by atoms with van der Waals surface area (Å²) in [6.45, 7) is 2.03. The monoisotopic (exact) mass is 497 g/mol. The van der Waals surface area contributed by atoms with Gasteiger partial charge in [-0.25, -0.2) is 9.78 Å². The summed E-state index contributed by atoms with van der Waals surface area (Å²) in [5.41, 5.74) is 3.59. The summed E-state index contributed by atoms with van der Waals surface area (Å²) >= 11 is 0. The number of ether oxygens (including phenoxy) is 1. The van der Waals surface area contributed by atoms with Crippen molar-refractivity contribution in [3.8, 4) is 0 Å². The standard InChI is InChI=1S/C28H39N3O5/c1-17-12-13-21-22(30(17)28(35)36-2)14-15-23-24(21)29-26(25(32)18-8-5-3-4-6-9-18)31(23)20-11-7-10-19(16-20)27(33)34/h14-15,17-20,25,32H,3-13,16H2,1-2H3,(H,33,34)/t17-,19+,20+,25-/m0/s1. The maximum atomic E-state index is 12.6. The number of imidazole rings is 1. The Morgan fingerprint density at radius 3 is 2.50 bits per heavy atom. The van der Waals surface area contributed by atoms with Crippen LogP contribution < -0.4 is 4.90 Å². The largest absolute Gasteiger partial charge is 0.481 e. The Bertz CT molecular complexity index is 1120. The molecule has 4 atom stereocenters. The van der Waals surface area contributed by atoms with Gasteiger partial charge < -0.3 is 19.5 Å². The van der Waals surface area contributed by atoms with Crippen molar-refractivity contribution in [2.24, 2.45) is 11.8 Å². The fourth-order valence-electron chi connectivity index (χ4n) is 6.85. The first kappa shape index (κ1) is 25.1. The third-order valence-corrected chi connectivity index (χ3v) is 8.82. The summed E-state index contributed by atoms with van der Waals surface area (Å²) in [4.78, 5) is 31.3. The van der Waals surface area contributed by atoms with E-state index in [4.69, 9.17) is 9.72 Å². The predicted molar refractivity (Wildman–Crippen MR) is 137 cm³/mol. The van der Waals surface area contributed by atoms with Gasteiger partial charge in [0.05, 0.1) is 29.7 Å². The minimum absolute atomic E-state index is 0.0162. The molecule has 2 aromatic rings. The molecule has 0 bridgehead atoms. The second-order valence-electron chi connectivity index (χ2n) is 11.1. The number of rotatable bonds is 4. The first-order chi connectivity index (χ1) is 17.4. The van der Waals surface area contributed by atoms with Gasteiger partial charge in [0.2, 0.25) is 0 Å². The highest BCUT2D eigenvalue weighted by molar-refractivity contribution is 5.95. The Morgan fingerprint density at radius 1 is 1.06 bits per heavy atom. The quantitative estimate of drug-likeness (QED) is 0.520. The van der Waals surface area contributed by atoms with Gasteiger partial charge in [-0.1, -0.05) is 32.1 Å². The van der Waals surface area contributed by atoms with Crippen molar-refractivity contribution in [2.45, 2.75) is 102 Å². The number of carbonyl (C=O) groups excluding carboxylic acids is 1. The van der Waals surface area contributed by atoms with Crippen LogP contribution in [-0.4, -0.2) is 45.0 Å². The summed E-state index contributed by atoms with van der Waals surface area (Å²) in [5, 5.41) is 21.4. The number of aliphatic carboxylic acids is 1. The molecule has 1 aromatic heterocycles. The number of carboxylic acid groups (broad SMARTS) is 1. The van der Waals surface area contributed by atoms with Crippen LogP contribution in [0.4, 0.5) is 10.5 Å². The number of aliphatic hydroxyl groups is 1. The number of fused-ring (bicyclic) bond motifs is 3. The smallest absolute Gasteiger partial charge is 0.414 e. The summed E-state index contributed by atoms with van der Waals surface area (Å²) < 4.78 is 7.25. The molecular weight excluding hydrogens is 458 g/mol. The molecule has 1 aliphatic heterocycles. The number of aromatic nitrogens is 2. The normalized spacial score (nSPS) is 26.3. The van der Waals surface area contributed by atoms with Crippen LogP contribution in [0.25, 0.3) is 11.0 Å². The molecule has 0 unspecified atom stereocenters. The number of hydrogen-bond acceptors (Lipinski definition) is 5. The van der Waals surface area contributed by atoms with E-state index >= 15 is 0 Å². The van der Waals surface area contributed by atoms with E-state index in [1.807, 2.05) is 19.1 Å². The highest BCUT2D eigenvalue weighted by atomic mass is 16.5. The van der Waals surface area contributed by atoms with Gasteiger partial charge in [0.15, 0.2) is 0 Å². The summed E-state index contributed by atoms with van der Waals surface area (Å²) in [5.74, 6) is -0.290. The SMILES string of the molecule is COC(=O)N1c2ccc3c(nc([C@@H](O)C4CCCCCC4)n3[C@@H]3CCC[C@@H](C(=O)O)C3)c2CC[C@@H]1C. The minimum atomic E-state index is -0.741. The molecule has 2 N–H and O–H groups in total. The molecule has 3 aliphatic rings. The van der Waals surface area contributed by atoms with Crippen LogP contribution in [0.3, 0.4) is 0 Å². The van der Waals surface area contributed by atoms with Crippen molar-refractivity contribution in [2.75, 3.05) is 12.0 Å². The molecule has 0 spiro atoms. The Labute approximate surface area is 212 Å². The van der Waals surface area contributed by atoms with E-state index in [1.165, 1.54) is 20.0 Å². The number of carbonyl (C=O) groups is 2. The molecule has 0 saturated heterocycles. The van der Waals surface area contributed by atoms with Gasteiger partial charge in [0.25, 0.3) is 0 Å².